The average Bonchev–Trinajstić information content (AvgIpc) is 3.07. The van der Waals surface area contributed by atoms with Crippen LogP contribution in [0.15, 0.2) is 18.3 Å². The lowest BCUT2D eigenvalue weighted by Gasteiger charge is -2.27. The minimum atomic E-state index is -0.695. The predicted octanol–water partition coefficient (Wildman–Crippen LogP) is 0.464. The summed E-state index contributed by atoms with van der Waals surface area (Å²) in [5, 5.41) is 22.7. The van der Waals surface area contributed by atoms with Crippen molar-refractivity contribution in [1.29, 1.82) is 0 Å². The summed E-state index contributed by atoms with van der Waals surface area (Å²) >= 11 is 0. The van der Waals surface area contributed by atoms with Gasteiger partial charge in [-0.15, -0.1) is 0 Å². The summed E-state index contributed by atoms with van der Waals surface area (Å²) in [5.74, 6) is -0.163. The van der Waals surface area contributed by atoms with Crippen molar-refractivity contribution in [3.63, 3.8) is 0 Å². The maximum atomic E-state index is 12.3. The van der Waals surface area contributed by atoms with E-state index in [1.165, 1.54) is 6.20 Å². The number of carbonyl (C=O) groups excluding carboxylic acids is 2. The number of rotatable bonds is 5. The van der Waals surface area contributed by atoms with Crippen LogP contribution < -0.4 is 15.5 Å². The molecule has 3 rings (SSSR count). The molecule has 2 aromatic heterocycles. The summed E-state index contributed by atoms with van der Waals surface area (Å²) in [7, 11) is 0. The van der Waals surface area contributed by atoms with Crippen molar-refractivity contribution >= 4 is 29.0 Å². The first-order valence-electron chi connectivity index (χ1n) is 8.00. The molecule has 0 spiro atoms. The molecule has 1 aliphatic rings. The first kappa shape index (κ1) is 17.3. The largest absolute Gasteiger partial charge is 0.353 e. The first-order valence-corrected chi connectivity index (χ1v) is 8.00. The van der Waals surface area contributed by atoms with Gasteiger partial charge < -0.3 is 15.5 Å². The van der Waals surface area contributed by atoms with Crippen LogP contribution in [-0.2, 0) is 11.2 Å². The van der Waals surface area contributed by atoms with Crippen molar-refractivity contribution < 1.29 is 14.5 Å². The number of aromatic nitrogens is 3. The molecule has 2 aromatic rings. The highest BCUT2D eigenvalue weighted by molar-refractivity contribution is 6.05. The number of aryl methyl sites for hydroxylation is 1. The highest BCUT2D eigenvalue weighted by Crippen LogP contribution is 2.23. The van der Waals surface area contributed by atoms with Gasteiger partial charge in [0, 0.05) is 13.1 Å². The van der Waals surface area contributed by atoms with E-state index in [1.54, 1.807) is 19.1 Å². The molecule has 3 heterocycles. The molecule has 1 fully saturated rings. The van der Waals surface area contributed by atoms with Gasteiger partial charge in [-0.05, 0) is 18.6 Å². The quantitative estimate of drug-likeness (QED) is 0.519. The second-order valence-electron chi connectivity index (χ2n) is 5.64. The van der Waals surface area contributed by atoms with Gasteiger partial charge in [0.25, 0.3) is 5.91 Å². The third-order valence-electron chi connectivity index (χ3n) is 3.93. The van der Waals surface area contributed by atoms with Crippen LogP contribution >= 0.6 is 0 Å². The number of hydrogen-bond acceptors (Lipinski definition) is 7. The normalized spacial score (nSPS) is 14.0. The Balaban J connectivity index is 1.73. The summed E-state index contributed by atoms with van der Waals surface area (Å²) in [4.78, 5) is 40.3. The molecule has 1 saturated heterocycles. The van der Waals surface area contributed by atoms with Gasteiger partial charge in [0.05, 0.1) is 23.4 Å². The van der Waals surface area contributed by atoms with E-state index in [4.69, 9.17) is 0 Å². The molecular weight excluding hydrogens is 342 g/mol. The molecule has 0 aromatic carbocycles. The summed E-state index contributed by atoms with van der Waals surface area (Å²) < 4.78 is 0. The van der Waals surface area contributed by atoms with Crippen LogP contribution in [0.3, 0.4) is 0 Å². The molecule has 0 unspecified atom stereocenters. The van der Waals surface area contributed by atoms with Gasteiger partial charge in [-0.3, -0.25) is 24.8 Å². The van der Waals surface area contributed by atoms with Crippen molar-refractivity contribution in [3.05, 3.63) is 39.8 Å². The molecule has 11 heteroatoms. The zero-order chi connectivity index (χ0) is 18.7. The zero-order valence-corrected chi connectivity index (χ0v) is 14.0. The maximum Gasteiger partial charge on any atom is 0.322 e. The molecule has 0 radical (unpaired) electrons. The Morgan fingerprint density at radius 3 is 2.88 bits per heavy atom. The number of hydrogen-bond donors (Lipinski definition) is 3. The molecule has 3 N–H and O–H groups in total. The van der Waals surface area contributed by atoms with Gasteiger partial charge in [0.2, 0.25) is 11.6 Å². The number of pyridine rings is 1. The van der Waals surface area contributed by atoms with Crippen LogP contribution in [0.1, 0.15) is 23.1 Å². The smallest absolute Gasteiger partial charge is 0.322 e. The number of nitrogens with zero attached hydrogens (tertiary/aromatic N) is 4. The number of H-pyrrole nitrogens is 1. The number of nitrogens with one attached hydrogen (secondary N) is 3. The van der Waals surface area contributed by atoms with E-state index in [2.05, 4.69) is 25.8 Å². The molecule has 136 valence electrons. The van der Waals surface area contributed by atoms with Crippen molar-refractivity contribution in [1.82, 2.24) is 20.5 Å². The van der Waals surface area contributed by atoms with Gasteiger partial charge in [0.1, 0.15) is 11.5 Å². The molecular formula is C15H17N7O4. The maximum absolute atomic E-state index is 12.3. The minimum absolute atomic E-state index is 0.0759. The lowest BCUT2D eigenvalue weighted by molar-refractivity contribution is -0.385. The number of amides is 2. The molecule has 2 amide bonds. The number of anilines is 2. The summed E-state index contributed by atoms with van der Waals surface area (Å²) in [6.07, 6.45) is 1.79. The molecule has 1 aliphatic heterocycles. The molecule has 11 nitrogen and oxygen atoms in total. The monoisotopic (exact) mass is 359 g/mol. The molecule has 0 bridgehead atoms. The Labute approximate surface area is 147 Å². The highest BCUT2D eigenvalue weighted by atomic mass is 16.6. The Morgan fingerprint density at radius 2 is 2.27 bits per heavy atom. The third kappa shape index (κ3) is 3.45. The van der Waals surface area contributed by atoms with Gasteiger partial charge >= 0.3 is 5.69 Å². The number of carbonyl (C=O) groups is 2. The van der Waals surface area contributed by atoms with Gasteiger partial charge in [-0.25, -0.2) is 4.98 Å². The van der Waals surface area contributed by atoms with Crippen LogP contribution in [-0.4, -0.2) is 51.6 Å². The molecule has 0 aliphatic carbocycles. The van der Waals surface area contributed by atoms with E-state index in [0.717, 1.165) is 0 Å². The second kappa shape index (κ2) is 7.17. The number of nitro groups is 1. The van der Waals surface area contributed by atoms with Crippen LogP contribution in [0.4, 0.5) is 17.2 Å². The van der Waals surface area contributed by atoms with E-state index in [-0.39, 0.29) is 29.5 Å². The number of aromatic amines is 1. The van der Waals surface area contributed by atoms with Crippen LogP contribution in [0, 0.1) is 10.1 Å². The van der Waals surface area contributed by atoms with Crippen molar-refractivity contribution in [2.45, 2.75) is 13.3 Å². The summed E-state index contributed by atoms with van der Waals surface area (Å²) in [5.41, 5.74) is 0.0603. The van der Waals surface area contributed by atoms with Crippen molar-refractivity contribution in [2.24, 2.45) is 0 Å². The predicted molar refractivity (Wildman–Crippen MR) is 92.0 cm³/mol. The first-order chi connectivity index (χ1) is 12.5. The third-order valence-corrected chi connectivity index (χ3v) is 3.93. The summed E-state index contributed by atoms with van der Waals surface area (Å²) in [6.45, 7) is 3.13. The fourth-order valence-corrected chi connectivity index (χ4v) is 2.65. The standard InChI is InChI=1S/C15H17N7O4/c1-2-10-14(22(25)26)13(20-19-10)15(24)18-9-3-4-11(17-7-9)21-6-5-16-12(23)8-21/h3-4,7H,2,5-6,8H2,1H3,(H,16,23)(H,18,24)(H,19,20). The van der Waals surface area contributed by atoms with E-state index >= 15 is 0 Å². The SMILES string of the molecule is CCc1[nH]nc(C(=O)Nc2ccc(N3CCNC(=O)C3)nc2)c1[N+](=O)[O-]. The van der Waals surface area contributed by atoms with Crippen molar-refractivity contribution in [2.75, 3.05) is 29.9 Å². The fourth-order valence-electron chi connectivity index (χ4n) is 2.65. The Hall–Kier alpha value is -3.50. The molecule has 0 saturated carbocycles. The van der Waals surface area contributed by atoms with Gasteiger partial charge in [-0.2, -0.15) is 5.10 Å². The topological polar surface area (TPSA) is 146 Å². The Bertz CT molecular complexity index is 846. The fraction of sp³-hybridized carbons (Fsp3) is 0.333. The van der Waals surface area contributed by atoms with Crippen LogP contribution in [0.25, 0.3) is 0 Å². The molecule has 0 atom stereocenters. The van der Waals surface area contributed by atoms with E-state index < -0.39 is 10.8 Å². The van der Waals surface area contributed by atoms with E-state index in [9.17, 15) is 19.7 Å². The lowest BCUT2D eigenvalue weighted by Crippen LogP contribution is -2.48. The van der Waals surface area contributed by atoms with E-state index in [1.807, 2.05) is 4.90 Å². The summed E-state index contributed by atoms with van der Waals surface area (Å²) in [6, 6.07) is 3.29. The second-order valence-corrected chi connectivity index (χ2v) is 5.64. The van der Waals surface area contributed by atoms with Crippen LogP contribution in [0.5, 0.6) is 0 Å². The van der Waals surface area contributed by atoms with Gasteiger partial charge in [-0.1, -0.05) is 6.92 Å². The van der Waals surface area contributed by atoms with Crippen molar-refractivity contribution in [3.8, 4) is 0 Å². The zero-order valence-electron chi connectivity index (χ0n) is 14.0. The molecule has 26 heavy (non-hydrogen) atoms. The average molecular weight is 359 g/mol. The Kier molecular flexibility index (Phi) is 4.78. The highest BCUT2D eigenvalue weighted by Gasteiger charge is 2.28. The Morgan fingerprint density at radius 1 is 1.46 bits per heavy atom. The van der Waals surface area contributed by atoms with Crippen LogP contribution in [0.2, 0.25) is 0 Å². The number of piperazine rings is 1. The minimum Gasteiger partial charge on any atom is -0.353 e. The van der Waals surface area contributed by atoms with Gasteiger partial charge in [0.15, 0.2) is 0 Å². The lowest BCUT2D eigenvalue weighted by atomic mass is 10.2. The van der Waals surface area contributed by atoms with E-state index in [0.29, 0.717) is 31.0 Å².